The van der Waals surface area contributed by atoms with Crippen LogP contribution in [-0.2, 0) is 0 Å². The molecule has 1 aromatic rings. The average molecular weight is 241 g/mol. The molecule has 17 heavy (non-hydrogen) atoms. The quantitative estimate of drug-likeness (QED) is 0.692. The first-order chi connectivity index (χ1) is 7.98. The van der Waals surface area contributed by atoms with Gasteiger partial charge in [-0.05, 0) is 12.1 Å². The van der Waals surface area contributed by atoms with Crippen LogP contribution in [0.25, 0.3) is 0 Å². The highest BCUT2D eigenvalue weighted by molar-refractivity contribution is 5.94. The standard InChI is InChI=1S/C12H10F3NO/c13-12(14,15)10-6-7-16(8-10)11(17)9-4-2-1-3-5-9/h1-6H,7-8H2. The molecule has 0 aliphatic carbocycles. The highest BCUT2D eigenvalue weighted by Gasteiger charge is 2.38. The van der Waals surface area contributed by atoms with Crippen LogP contribution in [0.5, 0.6) is 0 Å². The Morgan fingerprint density at radius 3 is 2.35 bits per heavy atom. The van der Waals surface area contributed by atoms with Gasteiger partial charge >= 0.3 is 6.18 Å². The monoisotopic (exact) mass is 241 g/mol. The molecular weight excluding hydrogens is 231 g/mol. The Hall–Kier alpha value is -1.78. The number of halogens is 3. The van der Waals surface area contributed by atoms with E-state index in [9.17, 15) is 18.0 Å². The molecule has 1 amide bonds. The van der Waals surface area contributed by atoms with Crippen molar-refractivity contribution in [1.29, 1.82) is 0 Å². The van der Waals surface area contributed by atoms with Crippen molar-refractivity contribution in [3.8, 4) is 0 Å². The van der Waals surface area contributed by atoms with Crippen LogP contribution in [0.4, 0.5) is 13.2 Å². The van der Waals surface area contributed by atoms with Crippen molar-refractivity contribution in [3.63, 3.8) is 0 Å². The smallest absolute Gasteiger partial charge is 0.331 e. The molecule has 1 aliphatic heterocycles. The van der Waals surface area contributed by atoms with E-state index in [4.69, 9.17) is 0 Å². The lowest BCUT2D eigenvalue weighted by Crippen LogP contribution is -2.30. The molecule has 0 unspecified atom stereocenters. The zero-order valence-corrected chi connectivity index (χ0v) is 8.87. The van der Waals surface area contributed by atoms with Crippen LogP contribution < -0.4 is 0 Å². The summed E-state index contributed by atoms with van der Waals surface area (Å²) in [6.45, 7) is -0.347. The first-order valence-corrected chi connectivity index (χ1v) is 5.09. The molecule has 0 bridgehead atoms. The maximum Gasteiger partial charge on any atom is 0.414 e. The Morgan fingerprint density at radius 1 is 1.18 bits per heavy atom. The minimum Gasteiger partial charge on any atom is -0.331 e. The molecule has 2 rings (SSSR count). The Kier molecular flexibility index (Phi) is 2.92. The number of benzene rings is 1. The van der Waals surface area contributed by atoms with Crippen molar-refractivity contribution in [1.82, 2.24) is 4.90 Å². The average Bonchev–Trinajstić information content (AvgIpc) is 2.78. The fourth-order valence-electron chi connectivity index (χ4n) is 1.68. The summed E-state index contributed by atoms with van der Waals surface area (Å²) in [4.78, 5) is 13.0. The van der Waals surface area contributed by atoms with E-state index in [1.54, 1.807) is 30.3 Å². The van der Waals surface area contributed by atoms with Gasteiger partial charge in [0.05, 0.1) is 12.1 Å². The highest BCUT2D eigenvalue weighted by Crippen LogP contribution is 2.29. The fraction of sp³-hybridized carbons (Fsp3) is 0.250. The summed E-state index contributed by atoms with van der Waals surface area (Å²) in [5, 5.41) is 0. The number of hydrogen-bond donors (Lipinski definition) is 0. The predicted molar refractivity (Wildman–Crippen MR) is 56.5 cm³/mol. The number of amides is 1. The molecule has 0 saturated heterocycles. The van der Waals surface area contributed by atoms with Gasteiger partial charge in [0.2, 0.25) is 0 Å². The fourth-order valence-corrected chi connectivity index (χ4v) is 1.68. The van der Waals surface area contributed by atoms with Crippen molar-refractivity contribution in [2.75, 3.05) is 13.1 Å². The Morgan fingerprint density at radius 2 is 1.82 bits per heavy atom. The first kappa shape index (κ1) is 11.7. The number of carbonyl (C=O) groups excluding carboxylic acids is 1. The summed E-state index contributed by atoms with van der Waals surface area (Å²) in [5.41, 5.74) is -0.244. The molecular formula is C12H10F3NO. The molecule has 90 valence electrons. The summed E-state index contributed by atoms with van der Waals surface area (Å²) in [7, 11) is 0. The van der Waals surface area contributed by atoms with Gasteiger partial charge in [0, 0.05) is 12.1 Å². The Bertz CT molecular complexity index is 451. The third-order valence-corrected chi connectivity index (χ3v) is 2.59. The second kappa shape index (κ2) is 4.24. The Labute approximate surface area is 96.3 Å². The first-order valence-electron chi connectivity index (χ1n) is 5.09. The minimum atomic E-state index is -4.34. The molecule has 5 heteroatoms. The molecule has 0 fully saturated rings. The molecule has 0 aromatic heterocycles. The third kappa shape index (κ3) is 2.49. The number of carbonyl (C=O) groups is 1. The van der Waals surface area contributed by atoms with E-state index in [1.807, 2.05) is 0 Å². The van der Waals surface area contributed by atoms with Gasteiger partial charge in [-0.15, -0.1) is 0 Å². The van der Waals surface area contributed by atoms with Crippen molar-refractivity contribution in [3.05, 3.63) is 47.5 Å². The summed E-state index contributed by atoms with van der Waals surface area (Å²) in [6.07, 6.45) is -3.29. The van der Waals surface area contributed by atoms with E-state index < -0.39 is 11.7 Å². The van der Waals surface area contributed by atoms with Crippen LogP contribution in [0, 0.1) is 0 Å². The van der Waals surface area contributed by atoms with Gasteiger partial charge in [0.15, 0.2) is 0 Å². The van der Waals surface area contributed by atoms with Crippen LogP contribution in [0.2, 0.25) is 0 Å². The minimum absolute atomic E-state index is 0.0164. The van der Waals surface area contributed by atoms with Crippen LogP contribution in [-0.4, -0.2) is 30.1 Å². The molecule has 0 N–H and O–H groups in total. The molecule has 0 spiro atoms. The van der Waals surface area contributed by atoms with Crippen molar-refractivity contribution >= 4 is 5.91 Å². The maximum absolute atomic E-state index is 12.4. The molecule has 0 atom stereocenters. The molecule has 1 aliphatic rings. The van der Waals surface area contributed by atoms with Gasteiger partial charge in [-0.2, -0.15) is 13.2 Å². The number of alkyl halides is 3. The van der Waals surface area contributed by atoms with Gasteiger partial charge in [-0.3, -0.25) is 4.79 Å². The van der Waals surface area contributed by atoms with E-state index in [0.29, 0.717) is 5.56 Å². The van der Waals surface area contributed by atoms with Crippen molar-refractivity contribution in [2.45, 2.75) is 6.18 Å². The van der Waals surface area contributed by atoms with Crippen LogP contribution >= 0.6 is 0 Å². The van der Waals surface area contributed by atoms with E-state index in [-0.39, 0.29) is 19.0 Å². The molecule has 1 heterocycles. The molecule has 2 nitrogen and oxygen atoms in total. The summed E-state index contributed by atoms with van der Waals surface area (Å²) in [6, 6.07) is 8.30. The third-order valence-electron chi connectivity index (χ3n) is 2.59. The number of hydrogen-bond acceptors (Lipinski definition) is 1. The summed E-state index contributed by atoms with van der Waals surface area (Å²) >= 11 is 0. The topological polar surface area (TPSA) is 20.3 Å². The second-order valence-electron chi connectivity index (χ2n) is 3.78. The largest absolute Gasteiger partial charge is 0.414 e. The van der Waals surface area contributed by atoms with Gasteiger partial charge in [-0.25, -0.2) is 0 Å². The lowest BCUT2D eigenvalue weighted by atomic mass is 10.2. The van der Waals surface area contributed by atoms with E-state index >= 15 is 0 Å². The number of rotatable bonds is 1. The van der Waals surface area contributed by atoms with Gasteiger partial charge in [0.25, 0.3) is 5.91 Å². The van der Waals surface area contributed by atoms with Gasteiger partial charge in [-0.1, -0.05) is 24.3 Å². The van der Waals surface area contributed by atoms with Gasteiger partial charge < -0.3 is 4.90 Å². The number of nitrogens with zero attached hydrogens (tertiary/aromatic N) is 1. The molecule has 1 aromatic carbocycles. The normalized spacial score (nSPS) is 15.9. The maximum atomic E-state index is 12.4. The van der Waals surface area contributed by atoms with E-state index in [2.05, 4.69) is 0 Å². The summed E-state index contributed by atoms with van der Waals surface area (Å²) in [5.74, 6) is -0.374. The zero-order chi connectivity index (χ0) is 12.5. The van der Waals surface area contributed by atoms with Crippen LogP contribution in [0.3, 0.4) is 0 Å². The second-order valence-corrected chi connectivity index (χ2v) is 3.78. The molecule has 0 radical (unpaired) electrons. The van der Waals surface area contributed by atoms with Crippen LogP contribution in [0.15, 0.2) is 42.0 Å². The van der Waals surface area contributed by atoms with Crippen molar-refractivity contribution in [2.24, 2.45) is 0 Å². The lowest BCUT2D eigenvalue weighted by Gasteiger charge is -2.17. The summed E-state index contributed by atoms with van der Waals surface area (Å²) < 4.78 is 37.2. The predicted octanol–water partition coefficient (Wildman–Crippen LogP) is 2.63. The Balaban J connectivity index is 2.07. The van der Waals surface area contributed by atoms with Crippen molar-refractivity contribution < 1.29 is 18.0 Å². The van der Waals surface area contributed by atoms with Crippen LogP contribution in [0.1, 0.15) is 10.4 Å². The van der Waals surface area contributed by atoms with Gasteiger partial charge in [0.1, 0.15) is 0 Å². The zero-order valence-electron chi connectivity index (χ0n) is 8.87. The SMILES string of the molecule is O=C(c1ccccc1)N1CC=C(C(F)(F)F)C1. The van der Waals surface area contributed by atoms with E-state index in [0.717, 1.165) is 6.08 Å². The lowest BCUT2D eigenvalue weighted by molar-refractivity contribution is -0.0930. The molecule has 0 saturated carbocycles. The highest BCUT2D eigenvalue weighted by atomic mass is 19.4. The van der Waals surface area contributed by atoms with E-state index in [1.165, 1.54) is 4.90 Å².